The summed E-state index contributed by atoms with van der Waals surface area (Å²) in [6.07, 6.45) is 2.58. The highest BCUT2D eigenvalue weighted by molar-refractivity contribution is 8.10. The minimum atomic E-state index is -2.34. The molecule has 0 aromatic heterocycles. The van der Waals surface area contributed by atoms with Crippen molar-refractivity contribution in [2.24, 2.45) is 5.92 Å². The third kappa shape index (κ3) is 5.24. The number of nitriles is 1. The summed E-state index contributed by atoms with van der Waals surface area (Å²) in [5, 5.41) is 8.70. The Hall–Kier alpha value is 0.450. The first-order valence-corrected chi connectivity index (χ1v) is 10.6. The largest absolute Gasteiger partial charge is 0.364 e. The lowest BCUT2D eigenvalue weighted by Crippen LogP contribution is -2.33. The molecule has 0 aliphatic rings. The predicted octanol–water partition coefficient (Wildman–Crippen LogP) is 4.70. The van der Waals surface area contributed by atoms with Gasteiger partial charge in [-0.1, -0.05) is 27.2 Å². The molecule has 4 nitrogen and oxygen atoms in total. The van der Waals surface area contributed by atoms with Gasteiger partial charge in [0, 0.05) is 35.3 Å². The van der Waals surface area contributed by atoms with E-state index in [1.807, 2.05) is 6.92 Å². The Morgan fingerprint density at radius 1 is 1.19 bits per heavy atom. The number of nitrogens with zero attached hydrogens (tertiary/aromatic N) is 1. The van der Waals surface area contributed by atoms with Crippen molar-refractivity contribution < 1.29 is 13.6 Å². The van der Waals surface area contributed by atoms with Crippen LogP contribution in [0.3, 0.4) is 0 Å². The molecule has 3 atom stereocenters. The highest BCUT2D eigenvalue weighted by Gasteiger charge is 2.44. The fraction of sp³-hybridized carbons (Fsp3) is 0.929. The predicted molar refractivity (Wildman–Crippen MR) is 94.7 cm³/mol. The number of hydrogen-bond donors (Lipinski definition) is 0. The van der Waals surface area contributed by atoms with E-state index in [9.17, 15) is 5.26 Å². The molecule has 0 aromatic carbocycles. The SMILES string of the molecule is COPC(C)(C#N)CCCC(C)(C(C)C)P(=S)(OC)OC. The molecule has 0 aliphatic heterocycles. The van der Waals surface area contributed by atoms with E-state index in [-0.39, 0.29) is 14.0 Å². The Bertz CT molecular complexity index is 406. The summed E-state index contributed by atoms with van der Waals surface area (Å²) in [4.78, 5) is 0. The molecule has 0 fully saturated rings. The van der Waals surface area contributed by atoms with E-state index in [0.29, 0.717) is 5.92 Å². The minimum Gasteiger partial charge on any atom is -0.364 e. The van der Waals surface area contributed by atoms with Crippen LogP contribution in [0.25, 0.3) is 0 Å². The lowest BCUT2D eigenvalue weighted by Gasteiger charge is -2.41. The van der Waals surface area contributed by atoms with Crippen LogP contribution >= 0.6 is 15.3 Å². The molecule has 124 valence electrons. The van der Waals surface area contributed by atoms with Gasteiger partial charge in [-0.3, -0.25) is 0 Å². The van der Waals surface area contributed by atoms with Crippen molar-refractivity contribution in [2.75, 3.05) is 21.3 Å². The molecule has 0 heterocycles. The van der Waals surface area contributed by atoms with Crippen LogP contribution in [0, 0.1) is 17.2 Å². The molecule has 7 heteroatoms. The van der Waals surface area contributed by atoms with Gasteiger partial charge in [-0.15, -0.1) is 0 Å². The van der Waals surface area contributed by atoms with Crippen LogP contribution in [0.1, 0.15) is 47.0 Å². The summed E-state index contributed by atoms with van der Waals surface area (Å²) in [6.45, 7) is 6.06. The van der Waals surface area contributed by atoms with Crippen molar-refractivity contribution in [3.8, 4) is 6.07 Å². The van der Waals surface area contributed by atoms with Crippen LogP contribution in [0.15, 0.2) is 0 Å². The van der Waals surface area contributed by atoms with Crippen molar-refractivity contribution in [3.63, 3.8) is 0 Å². The molecule has 0 spiro atoms. The molecule has 0 aromatic rings. The van der Waals surface area contributed by atoms with Gasteiger partial charge in [-0.2, -0.15) is 5.26 Å². The first-order valence-electron chi connectivity index (χ1n) is 7.07. The molecule has 21 heavy (non-hydrogen) atoms. The standard InChI is InChI=1S/C14H29NO3P2S/c1-12(2)14(4,20(21,17-6)18-7)10-8-9-13(3,11-15)19-16-5/h12,19H,8-10H2,1-7H3. The van der Waals surface area contributed by atoms with E-state index in [2.05, 4.69) is 26.8 Å². The van der Waals surface area contributed by atoms with Crippen LogP contribution < -0.4 is 0 Å². The summed E-state index contributed by atoms with van der Waals surface area (Å²) in [5.41, 5.74) is 0. The quantitative estimate of drug-likeness (QED) is 0.533. The topological polar surface area (TPSA) is 51.5 Å². The zero-order valence-corrected chi connectivity index (χ0v) is 16.9. The van der Waals surface area contributed by atoms with Gasteiger partial charge in [0.25, 0.3) is 0 Å². The van der Waals surface area contributed by atoms with Gasteiger partial charge in [0.2, 0.25) is 0 Å². The molecule has 0 bridgehead atoms. The number of rotatable bonds is 10. The van der Waals surface area contributed by atoms with Gasteiger partial charge in [0.15, 0.2) is 6.49 Å². The highest BCUT2D eigenvalue weighted by atomic mass is 32.5. The maximum absolute atomic E-state index is 9.32. The molecule has 0 saturated carbocycles. The second kappa shape index (κ2) is 8.92. The third-order valence-corrected chi connectivity index (χ3v) is 10.4. The zero-order valence-electron chi connectivity index (χ0n) is 14.2. The van der Waals surface area contributed by atoms with Crippen molar-refractivity contribution in [1.82, 2.24) is 0 Å². The maximum Gasteiger partial charge on any atom is 0.194 e. The normalized spacial score (nSPS) is 18.6. The molecular formula is C14H29NO3P2S. The van der Waals surface area contributed by atoms with Gasteiger partial charge in [-0.05, 0) is 37.5 Å². The monoisotopic (exact) mass is 353 g/mol. The van der Waals surface area contributed by atoms with E-state index in [0.717, 1.165) is 19.3 Å². The van der Waals surface area contributed by atoms with E-state index in [4.69, 9.17) is 25.4 Å². The highest BCUT2D eigenvalue weighted by Crippen LogP contribution is 2.64. The molecule has 0 saturated heterocycles. The van der Waals surface area contributed by atoms with Gasteiger partial charge in [0.1, 0.15) is 0 Å². The lowest BCUT2D eigenvalue weighted by molar-refractivity contribution is 0.274. The summed E-state index contributed by atoms with van der Waals surface area (Å²) < 4.78 is 16.4. The third-order valence-electron chi connectivity index (χ3n) is 4.28. The fourth-order valence-corrected chi connectivity index (χ4v) is 6.12. The van der Waals surface area contributed by atoms with E-state index in [1.54, 1.807) is 21.3 Å². The average molecular weight is 353 g/mol. The van der Waals surface area contributed by atoms with Gasteiger partial charge in [0.05, 0.1) is 11.2 Å². The van der Waals surface area contributed by atoms with Crippen molar-refractivity contribution in [3.05, 3.63) is 0 Å². The smallest absolute Gasteiger partial charge is 0.194 e. The molecule has 0 rings (SSSR count). The van der Waals surface area contributed by atoms with Crippen LogP contribution in [0.5, 0.6) is 0 Å². The van der Waals surface area contributed by atoms with Gasteiger partial charge >= 0.3 is 0 Å². The minimum absolute atomic E-state index is 0.193. The second-order valence-corrected chi connectivity index (χ2v) is 11.9. The molecule has 0 N–H and O–H groups in total. The summed E-state index contributed by atoms with van der Waals surface area (Å²) in [5.74, 6) is 0.349. The summed E-state index contributed by atoms with van der Waals surface area (Å²) in [6, 6.07) is 2.37. The summed E-state index contributed by atoms with van der Waals surface area (Å²) >= 11 is 5.68. The molecule has 3 unspecified atom stereocenters. The Morgan fingerprint density at radius 2 is 1.71 bits per heavy atom. The average Bonchev–Trinajstić information content (AvgIpc) is 2.46. The molecular weight excluding hydrogens is 324 g/mol. The van der Waals surface area contributed by atoms with E-state index < -0.39 is 11.6 Å². The molecule has 0 amide bonds. The van der Waals surface area contributed by atoms with Gasteiger partial charge in [-0.25, -0.2) is 0 Å². The van der Waals surface area contributed by atoms with E-state index >= 15 is 0 Å². The maximum atomic E-state index is 9.32. The zero-order chi connectivity index (χ0) is 16.7. The van der Waals surface area contributed by atoms with Crippen LogP contribution in [0.4, 0.5) is 0 Å². The van der Waals surface area contributed by atoms with Crippen LogP contribution in [-0.2, 0) is 25.4 Å². The fourth-order valence-electron chi connectivity index (χ4n) is 2.39. The second-order valence-electron chi connectivity index (χ2n) is 5.98. The van der Waals surface area contributed by atoms with Crippen molar-refractivity contribution in [2.45, 2.75) is 57.3 Å². The lowest BCUT2D eigenvalue weighted by atomic mass is 9.89. The van der Waals surface area contributed by atoms with Gasteiger partial charge < -0.3 is 13.6 Å². The first kappa shape index (κ1) is 21.4. The first-order chi connectivity index (χ1) is 9.64. The van der Waals surface area contributed by atoms with E-state index in [1.165, 1.54) is 0 Å². The van der Waals surface area contributed by atoms with Crippen LogP contribution in [-0.4, -0.2) is 31.6 Å². The summed E-state index contributed by atoms with van der Waals surface area (Å²) in [7, 11) is 5.11. The Balaban J connectivity index is 4.99. The number of hydrogen-bond acceptors (Lipinski definition) is 5. The Morgan fingerprint density at radius 3 is 2.05 bits per heavy atom. The Kier molecular flexibility index (Phi) is 9.11. The molecule has 0 radical (unpaired) electrons. The van der Waals surface area contributed by atoms with Crippen molar-refractivity contribution in [1.29, 1.82) is 5.26 Å². The van der Waals surface area contributed by atoms with Crippen molar-refractivity contribution >= 4 is 27.1 Å². The molecule has 0 aliphatic carbocycles. The van der Waals surface area contributed by atoms with Crippen LogP contribution in [0.2, 0.25) is 0 Å². The Labute approximate surface area is 137 Å².